The molecule has 1 saturated carbocycles. The van der Waals surface area contributed by atoms with E-state index < -0.39 is 12.0 Å². The molecule has 0 spiro atoms. The molecule has 0 N–H and O–H groups in total. The molecule has 8 heteroatoms. The van der Waals surface area contributed by atoms with Crippen molar-refractivity contribution < 1.29 is 23.9 Å². The van der Waals surface area contributed by atoms with Gasteiger partial charge in [-0.2, -0.15) is 0 Å². The number of hydrogen-bond acceptors (Lipinski definition) is 6. The van der Waals surface area contributed by atoms with Crippen LogP contribution in [0.1, 0.15) is 81.3 Å². The molecule has 1 aromatic rings. The Kier molecular flexibility index (Phi) is 9.59. The van der Waals surface area contributed by atoms with Gasteiger partial charge in [0.25, 0.3) is 0 Å². The number of ether oxygens (including phenoxy) is 2. The Morgan fingerprint density at radius 2 is 1.83 bits per heavy atom. The van der Waals surface area contributed by atoms with Crippen molar-refractivity contribution in [1.29, 1.82) is 0 Å². The monoisotopic (exact) mass is 516 g/mol. The van der Waals surface area contributed by atoms with Crippen LogP contribution in [-0.2, 0) is 19.1 Å². The molecule has 0 unspecified atom stereocenters. The molecule has 2 amide bonds. The van der Waals surface area contributed by atoms with Crippen molar-refractivity contribution in [3.05, 3.63) is 15.8 Å². The lowest BCUT2D eigenvalue weighted by atomic mass is 9.82. The van der Waals surface area contributed by atoms with Crippen LogP contribution < -0.4 is 4.90 Å². The first kappa shape index (κ1) is 28.2. The van der Waals surface area contributed by atoms with E-state index in [0.29, 0.717) is 54.1 Å². The molecule has 0 radical (unpaired) electrons. The zero-order valence-corrected chi connectivity index (χ0v) is 23.3. The topological polar surface area (TPSA) is 76.2 Å². The summed E-state index contributed by atoms with van der Waals surface area (Å²) in [6.07, 6.45) is 3.97. The first-order chi connectivity index (χ1) is 17.1. The predicted octanol–water partition coefficient (Wildman–Crippen LogP) is 4.73. The zero-order valence-electron chi connectivity index (χ0n) is 22.5. The average Bonchev–Trinajstić information content (AvgIpc) is 3.29. The number of hydrogen-bond donors (Lipinski definition) is 0. The van der Waals surface area contributed by atoms with E-state index in [1.165, 1.54) is 18.4 Å². The maximum atomic E-state index is 14.1. The molecule has 2 heterocycles. The molecule has 1 aromatic heterocycles. The highest BCUT2D eigenvalue weighted by Crippen LogP contribution is 2.37. The van der Waals surface area contributed by atoms with Crippen molar-refractivity contribution in [3.8, 4) is 11.8 Å². The van der Waals surface area contributed by atoms with Crippen molar-refractivity contribution in [3.63, 3.8) is 0 Å². The molecule has 1 aliphatic heterocycles. The molecule has 2 fully saturated rings. The maximum absolute atomic E-state index is 14.1. The Bertz CT molecular complexity index is 1000. The second kappa shape index (κ2) is 12.2. The van der Waals surface area contributed by atoms with E-state index in [1.807, 2.05) is 27.7 Å². The molecule has 3 rings (SSSR count). The van der Waals surface area contributed by atoms with Crippen LogP contribution in [0.2, 0.25) is 0 Å². The van der Waals surface area contributed by atoms with E-state index >= 15 is 0 Å². The summed E-state index contributed by atoms with van der Waals surface area (Å²) in [5.74, 6) is 6.06. The highest BCUT2D eigenvalue weighted by atomic mass is 32.1. The van der Waals surface area contributed by atoms with Crippen LogP contribution in [0.3, 0.4) is 0 Å². The summed E-state index contributed by atoms with van der Waals surface area (Å²) in [5.41, 5.74) is 0.212. The van der Waals surface area contributed by atoms with Gasteiger partial charge in [-0.1, -0.05) is 25.7 Å². The molecule has 1 saturated heterocycles. The van der Waals surface area contributed by atoms with Gasteiger partial charge in [0.1, 0.15) is 10.9 Å². The van der Waals surface area contributed by atoms with Crippen molar-refractivity contribution in [2.24, 2.45) is 17.3 Å². The number of esters is 1. The number of methoxy groups -OCH3 is 1. The number of nitrogens with zero attached hydrogens (tertiary/aromatic N) is 2. The summed E-state index contributed by atoms with van der Waals surface area (Å²) >= 11 is 1.21. The fourth-order valence-corrected chi connectivity index (χ4v) is 5.64. The Labute approximate surface area is 219 Å². The van der Waals surface area contributed by atoms with E-state index in [-0.39, 0.29) is 23.1 Å². The second-order valence-electron chi connectivity index (χ2n) is 10.8. The highest BCUT2D eigenvalue weighted by Gasteiger charge is 2.39. The maximum Gasteiger partial charge on any atom is 0.350 e. The van der Waals surface area contributed by atoms with Crippen LogP contribution in [-0.4, -0.2) is 62.1 Å². The summed E-state index contributed by atoms with van der Waals surface area (Å²) in [6, 6.07) is 1.07. The zero-order chi connectivity index (χ0) is 26.5. The lowest BCUT2D eigenvalue weighted by Gasteiger charge is -2.38. The minimum absolute atomic E-state index is 0.0892. The Hall–Kier alpha value is -2.37. The SMILES string of the molecule is CC[C@@H](C(=O)N1CCOCC1)N(C(=O)C1CCC(C)CC1)c1cc(C#CC(C)(C)C)sc1C(=O)OC. The molecule has 198 valence electrons. The standard InChI is InChI=1S/C28H40N2O5S/c1-7-22(26(32)29-14-16-35-17-15-29)30(25(31)20-10-8-19(2)9-11-20)23-18-21(12-13-28(3,4)5)36-24(23)27(33)34-6/h18-20,22H,7-11,14-17H2,1-6H3/t19?,20?,22-/m0/s1. The highest BCUT2D eigenvalue weighted by molar-refractivity contribution is 7.15. The smallest absolute Gasteiger partial charge is 0.350 e. The Morgan fingerprint density at radius 1 is 1.19 bits per heavy atom. The van der Waals surface area contributed by atoms with E-state index in [0.717, 1.165) is 25.7 Å². The molecule has 7 nitrogen and oxygen atoms in total. The summed E-state index contributed by atoms with van der Waals surface area (Å²) in [5, 5.41) is 0. The van der Waals surface area contributed by atoms with Crippen LogP contribution in [0.5, 0.6) is 0 Å². The average molecular weight is 517 g/mol. The molecule has 1 atom stereocenters. The lowest BCUT2D eigenvalue weighted by molar-refractivity contribution is -0.139. The van der Waals surface area contributed by atoms with Crippen LogP contribution in [0, 0.1) is 29.1 Å². The number of amides is 2. The van der Waals surface area contributed by atoms with Gasteiger partial charge in [-0.05, 0) is 64.9 Å². The first-order valence-corrected chi connectivity index (χ1v) is 13.8. The largest absolute Gasteiger partial charge is 0.465 e. The van der Waals surface area contributed by atoms with Gasteiger partial charge in [0, 0.05) is 24.4 Å². The third-order valence-electron chi connectivity index (χ3n) is 6.81. The molecule has 1 aliphatic carbocycles. The second-order valence-corrected chi connectivity index (χ2v) is 11.9. The lowest BCUT2D eigenvalue weighted by Crippen LogP contribution is -2.55. The van der Waals surface area contributed by atoms with E-state index in [1.54, 1.807) is 15.9 Å². The van der Waals surface area contributed by atoms with Crippen molar-refractivity contribution in [2.45, 2.75) is 72.8 Å². The third-order valence-corrected chi connectivity index (χ3v) is 7.83. The quantitative estimate of drug-likeness (QED) is 0.404. The van der Waals surface area contributed by atoms with Crippen molar-refractivity contribution in [1.82, 2.24) is 4.90 Å². The number of morpholine rings is 1. The number of anilines is 1. The van der Waals surface area contributed by atoms with Crippen LogP contribution in [0.15, 0.2) is 6.07 Å². The van der Waals surface area contributed by atoms with Gasteiger partial charge in [-0.15, -0.1) is 11.3 Å². The van der Waals surface area contributed by atoms with Gasteiger partial charge < -0.3 is 14.4 Å². The van der Waals surface area contributed by atoms with Crippen molar-refractivity contribution >= 4 is 34.8 Å². The van der Waals surface area contributed by atoms with Crippen LogP contribution >= 0.6 is 11.3 Å². The minimum atomic E-state index is -0.712. The van der Waals surface area contributed by atoms with Gasteiger partial charge >= 0.3 is 5.97 Å². The predicted molar refractivity (Wildman–Crippen MR) is 142 cm³/mol. The number of carbonyl (C=O) groups excluding carboxylic acids is 3. The first-order valence-electron chi connectivity index (χ1n) is 13.0. The molecular weight excluding hydrogens is 476 g/mol. The fraction of sp³-hybridized carbons (Fsp3) is 0.679. The Morgan fingerprint density at radius 3 is 2.39 bits per heavy atom. The van der Waals surface area contributed by atoms with E-state index in [2.05, 4.69) is 18.8 Å². The summed E-state index contributed by atoms with van der Waals surface area (Å²) in [7, 11) is 1.33. The van der Waals surface area contributed by atoms with Crippen LogP contribution in [0.4, 0.5) is 5.69 Å². The van der Waals surface area contributed by atoms with Gasteiger partial charge in [0.05, 0.1) is 30.9 Å². The minimum Gasteiger partial charge on any atom is -0.465 e. The van der Waals surface area contributed by atoms with Gasteiger partial charge in [0.2, 0.25) is 11.8 Å². The molecule has 2 aliphatic rings. The number of carbonyl (C=O) groups is 3. The number of rotatable bonds is 6. The normalized spacial score (nSPS) is 21.2. The molecule has 0 bridgehead atoms. The van der Waals surface area contributed by atoms with Crippen molar-refractivity contribution in [2.75, 3.05) is 38.3 Å². The third kappa shape index (κ3) is 6.89. The molecular formula is C28H40N2O5S. The summed E-state index contributed by atoms with van der Waals surface area (Å²) < 4.78 is 10.5. The molecule has 36 heavy (non-hydrogen) atoms. The van der Waals surface area contributed by atoms with Gasteiger partial charge in [-0.3, -0.25) is 14.5 Å². The fourth-order valence-electron chi connectivity index (χ4n) is 4.72. The summed E-state index contributed by atoms with van der Waals surface area (Å²) in [6.45, 7) is 12.1. The van der Waals surface area contributed by atoms with Gasteiger partial charge in [-0.25, -0.2) is 4.79 Å². The van der Waals surface area contributed by atoms with Gasteiger partial charge in [0.15, 0.2) is 0 Å². The van der Waals surface area contributed by atoms with E-state index in [9.17, 15) is 14.4 Å². The Balaban J connectivity index is 2.09. The van der Waals surface area contributed by atoms with Crippen LogP contribution in [0.25, 0.3) is 0 Å². The summed E-state index contributed by atoms with van der Waals surface area (Å²) in [4.78, 5) is 45.1. The number of thiophene rings is 1. The van der Waals surface area contributed by atoms with E-state index in [4.69, 9.17) is 9.47 Å². The molecule has 0 aromatic carbocycles.